The van der Waals surface area contributed by atoms with Gasteiger partial charge in [-0.3, -0.25) is 0 Å². The summed E-state index contributed by atoms with van der Waals surface area (Å²) in [6.07, 6.45) is -3.85. The molecule has 0 aliphatic heterocycles. The Hall–Kier alpha value is -2.34. The summed E-state index contributed by atoms with van der Waals surface area (Å²) in [5.41, 5.74) is -2.01. The number of aryl methyl sites for hydroxylation is 1. The number of hydrogen-bond donors (Lipinski definition) is 0. The molecular formula is C12H6F4N2. The van der Waals surface area contributed by atoms with Crippen LogP contribution < -0.4 is 0 Å². The lowest BCUT2D eigenvalue weighted by Crippen LogP contribution is -2.09. The molecule has 1 aromatic rings. The summed E-state index contributed by atoms with van der Waals surface area (Å²) >= 11 is 0. The van der Waals surface area contributed by atoms with Gasteiger partial charge in [-0.15, -0.1) is 0 Å². The first-order valence-corrected chi connectivity index (χ1v) is 4.69. The number of alkyl halides is 3. The van der Waals surface area contributed by atoms with E-state index in [0.717, 1.165) is 12.1 Å². The summed E-state index contributed by atoms with van der Waals surface area (Å²) in [6, 6.07) is 4.74. The van der Waals surface area contributed by atoms with Crippen molar-refractivity contribution in [2.45, 2.75) is 13.1 Å². The molecule has 0 atom stereocenters. The number of benzene rings is 1. The van der Waals surface area contributed by atoms with Crippen LogP contribution in [0.5, 0.6) is 0 Å². The summed E-state index contributed by atoms with van der Waals surface area (Å²) in [6.45, 7) is 1.18. The summed E-state index contributed by atoms with van der Waals surface area (Å²) in [7, 11) is 0. The van der Waals surface area contributed by atoms with Crippen LogP contribution in [-0.4, -0.2) is 0 Å². The van der Waals surface area contributed by atoms with E-state index in [1.54, 1.807) is 0 Å². The molecule has 0 bridgehead atoms. The van der Waals surface area contributed by atoms with Gasteiger partial charge in [-0.25, -0.2) is 4.39 Å². The fourth-order valence-electron chi connectivity index (χ4n) is 1.34. The molecule has 0 spiro atoms. The maximum atomic E-state index is 13.3. The van der Waals surface area contributed by atoms with E-state index in [0.29, 0.717) is 6.07 Å². The second kappa shape index (κ2) is 4.89. The second-order valence-electron chi connectivity index (χ2n) is 3.48. The third-order valence-electron chi connectivity index (χ3n) is 2.13. The van der Waals surface area contributed by atoms with Crippen molar-refractivity contribution in [2.75, 3.05) is 0 Å². The van der Waals surface area contributed by atoms with E-state index in [1.807, 2.05) is 0 Å². The number of nitrogens with zero attached hydrogens (tertiary/aromatic N) is 2. The maximum absolute atomic E-state index is 13.3. The van der Waals surface area contributed by atoms with Crippen molar-refractivity contribution >= 4 is 6.08 Å². The molecule has 0 radical (unpaired) electrons. The molecule has 0 N–H and O–H groups in total. The molecule has 0 aliphatic carbocycles. The van der Waals surface area contributed by atoms with Gasteiger partial charge in [0.25, 0.3) is 0 Å². The Morgan fingerprint density at radius 2 is 1.78 bits per heavy atom. The Bertz CT molecular complexity index is 570. The molecule has 92 valence electrons. The lowest BCUT2D eigenvalue weighted by atomic mass is 10.0. The number of nitriles is 2. The molecule has 0 aromatic heterocycles. The summed E-state index contributed by atoms with van der Waals surface area (Å²) in [4.78, 5) is 0. The molecule has 0 heterocycles. The topological polar surface area (TPSA) is 47.6 Å². The van der Waals surface area contributed by atoms with Crippen molar-refractivity contribution < 1.29 is 17.6 Å². The quantitative estimate of drug-likeness (QED) is 0.568. The minimum atomic E-state index is -4.82. The molecule has 1 rings (SSSR count). The largest absolute Gasteiger partial charge is 0.419 e. The molecule has 18 heavy (non-hydrogen) atoms. The third kappa shape index (κ3) is 2.86. The Morgan fingerprint density at radius 3 is 2.22 bits per heavy atom. The highest BCUT2D eigenvalue weighted by Gasteiger charge is 2.34. The van der Waals surface area contributed by atoms with Gasteiger partial charge in [-0.05, 0) is 36.3 Å². The van der Waals surface area contributed by atoms with Gasteiger partial charge in [0.1, 0.15) is 23.5 Å². The predicted octanol–water partition coefficient (Wildman–Crippen LogP) is 3.58. The van der Waals surface area contributed by atoms with Crippen LogP contribution in [0.1, 0.15) is 16.7 Å². The first-order valence-electron chi connectivity index (χ1n) is 4.69. The van der Waals surface area contributed by atoms with Crippen LogP contribution in [0, 0.1) is 35.4 Å². The van der Waals surface area contributed by atoms with Gasteiger partial charge in [0.05, 0.1) is 5.56 Å². The third-order valence-corrected chi connectivity index (χ3v) is 2.13. The van der Waals surface area contributed by atoms with Crippen LogP contribution in [0.2, 0.25) is 0 Å². The van der Waals surface area contributed by atoms with Crippen LogP contribution in [-0.2, 0) is 6.18 Å². The molecule has 1 aromatic carbocycles. The molecule has 6 heteroatoms. The van der Waals surface area contributed by atoms with Gasteiger partial charge in [0, 0.05) is 0 Å². The van der Waals surface area contributed by atoms with Crippen LogP contribution in [0.15, 0.2) is 17.7 Å². The summed E-state index contributed by atoms with van der Waals surface area (Å²) in [5, 5.41) is 17.0. The lowest BCUT2D eigenvalue weighted by Gasteiger charge is -2.10. The molecule has 0 aliphatic rings. The Kier molecular flexibility index (Phi) is 3.73. The number of rotatable bonds is 1. The Labute approximate surface area is 100 Å². The van der Waals surface area contributed by atoms with E-state index >= 15 is 0 Å². The zero-order valence-corrected chi connectivity index (χ0v) is 9.14. The van der Waals surface area contributed by atoms with E-state index in [1.165, 1.54) is 19.1 Å². The van der Waals surface area contributed by atoms with Crippen molar-refractivity contribution in [3.63, 3.8) is 0 Å². The van der Waals surface area contributed by atoms with Gasteiger partial charge in [-0.1, -0.05) is 0 Å². The zero-order valence-electron chi connectivity index (χ0n) is 9.14. The van der Waals surface area contributed by atoms with Crippen LogP contribution in [0.4, 0.5) is 17.6 Å². The summed E-state index contributed by atoms with van der Waals surface area (Å²) < 4.78 is 50.9. The zero-order chi connectivity index (χ0) is 13.9. The Balaban J connectivity index is 3.45. The maximum Gasteiger partial charge on any atom is 0.419 e. The molecule has 0 saturated heterocycles. The van der Waals surface area contributed by atoms with E-state index in [-0.39, 0.29) is 16.7 Å². The van der Waals surface area contributed by atoms with Crippen LogP contribution in [0.3, 0.4) is 0 Å². The molecular weight excluding hydrogens is 248 g/mol. The predicted molar refractivity (Wildman–Crippen MR) is 55.3 cm³/mol. The second-order valence-corrected chi connectivity index (χ2v) is 3.48. The smallest absolute Gasteiger partial charge is 0.206 e. The number of hydrogen-bond acceptors (Lipinski definition) is 2. The van der Waals surface area contributed by atoms with Crippen LogP contribution in [0.25, 0.3) is 6.08 Å². The molecule has 0 saturated carbocycles. The minimum absolute atomic E-state index is 0.0423. The SMILES string of the molecule is Cc1cc(C=C(C#N)C#N)cc(C(F)(F)F)c1F. The van der Waals surface area contributed by atoms with E-state index in [4.69, 9.17) is 10.5 Å². The van der Waals surface area contributed by atoms with Crippen LogP contribution >= 0.6 is 0 Å². The normalized spacial score (nSPS) is 10.4. The standard InChI is InChI=1S/C12H6F4N2/c1-7-2-8(3-9(5-17)6-18)4-10(11(7)13)12(14,15)16/h2-4H,1H3. The fourth-order valence-corrected chi connectivity index (χ4v) is 1.34. The highest BCUT2D eigenvalue weighted by atomic mass is 19.4. The number of halogens is 4. The van der Waals surface area contributed by atoms with Gasteiger partial charge in [-0.2, -0.15) is 23.7 Å². The molecule has 0 amide bonds. The molecule has 0 fully saturated rings. The van der Waals surface area contributed by atoms with Gasteiger partial charge >= 0.3 is 6.18 Å². The van der Waals surface area contributed by atoms with E-state index in [9.17, 15) is 17.6 Å². The van der Waals surface area contributed by atoms with E-state index < -0.39 is 17.6 Å². The number of allylic oxidation sites excluding steroid dienone is 1. The molecule has 0 unspecified atom stereocenters. The first kappa shape index (κ1) is 13.7. The average molecular weight is 254 g/mol. The van der Waals surface area contributed by atoms with Crippen molar-refractivity contribution in [3.05, 3.63) is 40.2 Å². The van der Waals surface area contributed by atoms with Gasteiger partial charge < -0.3 is 0 Å². The summed E-state index contributed by atoms with van der Waals surface area (Å²) in [5.74, 6) is -1.35. The first-order chi connectivity index (χ1) is 8.29. The van der Waals surface area contributed by atoms with E-state index in [2.05, 4.69) is 0 Å². The van der Waals surface area contributed by atoms with Crippen molar-refractivity contribution in [3.8, 4) is 12.1 Å². The molecule has 2 nitrogen and oxygen atoms in total. The van der Waals surface area contributed by atoms with Crippen molar-refractivity contribution in [1.29, 1.82) is 10.5 Å². The average Bonchev–Trinajstić information content (AvgIpc) is 2.28. The monoisotopic (exact) mass is 254 g/mol. The minimum Gasteiger partial charge on any atom is -0.206 e. The fraction of sp³-hybridized carbons (Fsp3) is 0.167. The highest BCUT2D eigenvalue weighted by Crippen LogP contribution is 2.33. The van der Waals surface area contributed by atoms with Gasteiger partial charge in [0.2, 0.25) is 0 Å². The van der Waals surface area contributed by atoms with Gasteiger partial charge in [0.15, 0.2) is 0 Å². The van der Waals surface area contributed by atoms with Crippen molar-refractivity contribution in [2.24, 2.45) is 0 Å². The Morgan fingerprint density at radius 1 is 1.22 bits per heavy atom. The highest BCUT2D eigenvalue weighted by molar-refractivity contribution is 5.63. The van der Waals surface area contributed by atoms with Crippen molar-refractivity contribution in [1.82, 2.24) is 0 Å². The lowest BCUT2D eigenvalue weighted by molar-refractivity contribution is -0.140.